The van der Waals surface area contributed by atoms with Crippen molar-refractivity contribution in [1.82, 2.24) is 5.32 Å². The zero-order valence-electron chi connectivity index (χ0n) is 10.4. The van der Waals surface area contributed by atoms with E-state index in [4.69, 9.17) is 14.6 Å². The first-order chi connectivity index (χ1) is 7.78. The third-order valence-electron chi connectivity index (χ3n) is 2.27. The molecule has 0 aromatic carbocycles. The van der Waals surface area contributed by atoms with Crippen molar-refractivity contribution in [3.63, 3.8) is 0 Å². The predicted octanol–water partition coefficient (Wildman–Crippen LogP) is 1.14. The molecule has 6 nitrogen and oxygen atoms in total. The van der Waals surface area contributed by atoms with E-state index in [0.717, 1.165) is 0 Å². The maximum absolute atomic E-state index is 11.4. The number of hydrogen-bond donors (Lipinski definition) is 2. The molecule has 0 bridgehead atoms. The summed E-state index contributed by atoms with van der Waals surface area (Å²) >= 11 is 0. The number of nitrogens with one attached hydrogen (secondary N) is 1. The van der Waals surface area contributed by atoms with Gasteiger partial charge in [-0.1, -0.05) is 0 Å². The maximum atomic E-state index is 11.4. The van der Waals surface area contributed by atoms with Crippen molar-refractivity contribution in [2.24, 2.45) is 0 Å². The second kappa shape index (κ2) is 5.35. The van der Waals surface area contributed by atoms with Crippen molar-refractivity contribution < 1.29 is 24.2 Å². The van der Waals surface area contributed by atoms with Crippen molar-refractivity contribution in [2.75, 3.05) is 6.61 Å². The van der Waals surface area contributed by atoms with E-state index in [-0.39, 0.29) is 12.6 Å². The van der Waals surface area contributed by atoms with Gasteiger partial charge in [-0.25, -0.2) is 9.59 Å². The van der Waals surface area contributed by atoms with Gasteiger partial charge in [-0.15, -0.1) is 0 Å². The molecule has 1 aliphatic heterocycles. The number of carboxylic acid groups (broad SMARTS) is 1. The summed E-state index contributed by atoms with van der Waals surface area (Å²) in [6.45, 7) is 5.55. The number of carbonyl (C=O) groups excluding carboxylic acids is 1. The van der Waals surface area contributed by atoms with Crippen LogP contribution in [0.5, 0.6) is 0 Å². The highest BCUT2D eigenvalue weighted by Crippen LogP contribution is 2.14. The fraction of sp³-hybridized carbons (Fsp3) is 0.818. The Bertz CT molecular complexity index is 289. The van der Waals surface area contributed by atoms with E-state index >= 15 is 0 Å². The first kappa shape index (κ1) is 13.8. The largest absolute Gasteiger partial charge is 0.479 e. The molecule has 0 aliphatic carbocycles. The van der Waals surface area contributed by atoms with Gasteiger partial charge in [-0.3, -0.25) is 0 Å². The highest BCUT2D eigenvalue weighted by atomic mass is 16.6. The van der Waals surface area contributed by atoms with E-state index in [9.17, 15) is 9.59 Å². The summed E-state index contributed by atoms with van der Waals surface area (Å²) < 4.78 is 10.2. The molecule has 0 radical (unpaired) electrons. The molecule has 0 aromatic heterocycles. The van der Waals surface area contributed by atoms with Crippen LogP contribution in [0.15, 0.2) is 0 Å². The van der Waals surface area contributed by atoms with E-state index in [1.165, 1.54) is 0 Å². The Balaban J connectivity index is 2.31. The number of alkyl carbamates (subject to hydrolysis) is 1. The highest BCUT2D eigenvalue weighted by Gasteiger charge is 2.28. The van der Waals surface area contributed by atoms with E-state index in [2.05, 4.69) is 5.32 Å². The Hall–Kier alpha value is -1.30. The van der Waals surface area contributed by atoms with Crippen LogP contribution in [0.2, 0.25) is 0 Å². The average molecular weight is 245 g/mol. The molecule has 1 rings (SSSR count). The summed E-state index contributed by atoms with van der Waals surface area (Å²) in [5.41, 5.74) is -0.538. The minimum atomic E-state index is -0.958. The number of hydrogen-bond acceptors (Lipinski definition) is 4. The van der Waals surface area contributed by atoms with Gasteiger partial charge in [-0.05, 0) is 33.6 Å². The second-order valence-electron chi connectivity index (χ2n) is 5.08. The standard InChI is InChI=1S/C11H19NO5/c1-11(2,3)17-10(15)12-7-4-5-8(9(13)14)16-6-7/h7-8H,4-6H2,1-3H3,(H,12,15)(H,13,14)/t7-,8-/m0/s1. The lowest BCUT2D eigenvalue weighted by Gasteiger charge is -2.28. The normalized spacial score (nSPS) is 25.1. The first-order valence-corrected chi connectivity index (χ1v) is 5.62. The van der Waals surface area contributed by atoms with Crippen LogP contribution in [0.1, 0.15) is 33.6 Å². The molecule has 1 aliphatic rings. The second-order valence-corrected chi connectivity index (χ2v) is 5.08. The van der Waals surface area contributed by atoms with Gasteiger partial charge in [0.1, 0.15) is 5.60 Å². The Kier molecular flexibility index (Phi) is 4.34. The minimum absolute atomic E-state index is 0.180. The molecule has 0 aromatic rings. The SMILES string of the molecule is CC(C)(C)OC(=O)N[C@H]1CC[C@@H](C(=O)O)OC1. The van der Waals surface area contributed by atoms with Gasteiger partial charge in [0.05, 0.1) is 12.6 Å². The van der Waals surface area contributed by atoms with E-state index < -0.39 is 23.8 Å². The highest BCUT2D eigenvalue weighted by molar-refractivity contribution is 5.72. The zero-order valence-corrected chi connectivity index (χ0v) is 10.4. The first-order valence-electron chi connectivity index (χ1n) is 5.62. The topological polar surface area (TPSA) is 84.9 Å². The molecule has 6 heteroatoms. The Labute approximate surface area is 100 Å². The molecule has 0 spiro atoms. The zero-order chi connectivity index (χ0) is 13.1. The number of aliphatic carboxylic acids is 1. The molecule has 1 saturated heterocycles. The molecule has 1 fully saturated rings. The Morgan fingerprint density at radius 3 is 2.41 bits per heavy atom. The van der Waals surface area contributed by atoms with E-state index in [1.54, 1.807) is 20.8 Å². The number of carboxylic acids is 1. The third-order valence-corrected chi connectivity index (χ3v) is 2.27. The summed E-state index contributed by atoms with van der Waals surface area (Å²) in [5, 5.41) is 11.4. The molecule has 2 atom stereocenters. The van der Waals surface area contributed by atoms with Crippen LogP contribution in [0.4, 0.5) is 4.79 Å². The van der Waals surface area contributed by atoms with Gasteiger partial charge in [-0.2, -0.15) is 0 Å². The van der Waals surface area contributed by atoms with Crippen LogP contribution in [-0.2, 0) is 14.3 Å². The Morgan fingerprint density at radius 2 is 2.00 bits per heavy atom. The minimum Gasteiger partial charge on any atom is -0.479 e. The van der Waals surface area contributed by atoms with Crippen molar-refractivity contribution in [1.29, 1.82) is 0 Å². The van der Waals surface area contributed by atoms with Gasteiger partial charge in [0, 0.05) is 0 Å². The van der Waals surface area contributed by atoms with Crippen molar-refractivity contribution in [2.45, 2.75) is 51.4 Å². The van der Waals surface area contributed by atoms with Crippen LogP contribution in [0, 0.1) is 0 Å². The molecule has 17 heavy (non-hydrogen) atoms. The number of carbonyl (C=O) groups is 2. The van der Waals surface area contributed by atoms with Gasteiger partial charge in [0.15, 0.2) is 6.10 Å². The van der Waals surface area contributed by atoms with Crippen LogP contribution >= 0.6 is 0 Å². The summed E-state index contributed by atoms with van der Waals surface area (Å²) in [6.07, 6.45) is -0.280. The monoisotopic (exact) mass is 245 g/mol. The maximum Gasteiger partial charge on any atom is 0.407 e. The fourth-order valence-electron chi connectivity index (χ4n) is 1.53. The van der Waals surface area contributed by atoms with Crippen LogP contribution in [-0.4, -0.2) is 41.5 Å². The molecule has 98 valence electrons. The van der Waals surface area contributed by atoms with Crippen LogP contribution < -0.4 is 5.32 Å². The van der Waals surface area contributed by atoms with Crippen molar-refractivity contribution in [3.05, 3.63) is 0 Å². The van der Waals surface area contributed by atoms with Gasteiger partial charge < -0.3 is 19.9 Å². The molecule has 1 heterocycles. The average Bonchev–Trinajstić information content (AvgIpc) is 2.15. The summed E-state index contributed by atoms with van der Waals surface area (Å²) in [6, 6.07) is -0.180. The number of rotatable bonds is 2. The number of amides is 1. The summed E-state index contributed by atoms with van der Waals surface area (Å²) in [5.74, 6) is -0.958. The van der Waals surface area contributed by atoms with Gasteiger partial charge >= 0.3 is 12.1 Å². The third kappa shape index (κ3) is 5.04. The van der Waals surface area contributed by atoms with E-state index in [1.807, 2.05) is 0 Å². The summed E-state index contributed by atoms with van der Waals surface area (Å²) in [7, 11) is 0. The lowest BCUT2D eigenvalue weighted by molar-refractivity contribution is -0.153. The summed E-state index contributed by atoms with van der Waals surface area (Å²) in [4.78, 5) is 22.1. The van der Waals surface area contributed by atoms with Crippen molar-refractivity contribution in [3.8, 4) is 0 Å². The van der Waals surface area contributed by atoms with Crippen molar-refractivity contribution >= 4 is 12.1 Å². The van der Waals surface area contributed by atoms with E-state index in [0.29, 0.717) is 12.8 Å². The van der Waals surface area contributed by atoms with Gasteiger partial charge in [0.2, 0.25) is 0 Å². The Morgan fingerprint density at radius 1 is 1.35 bits per heavy atom. The van der Waals surface area contributed by atoms with Gasteiger partial charge in [0.25, 0.3) is 0 Å². The lowest BCUT2D eigenvalue weighted by atomic mass is 10.1. The number of ether oxygens (including phenoxy) is 2. The molecular weight excluding hydrogens is 226 g/mol. The molecule has 1 amide bonds. The van der Waals surface area contributed by atoms with Crippen LogP contribution in [0.3, 0.4) is 0 Å². The quantitative estimate of drug-likeness (QED) is 0.762. The smallest absolute Gasteiger partial charge is 0.407 e. The lowest BCUT2D eigenvalue weighted by Crippen LogP contribution is -2.46. The fourth-order valence-corrected chi connectivity index (χ4v) is 1.53. The molecule has 0 unspecified atom stereocenters. The van der Waals surface area contributed by atoms with Crippen LogP contribution in [0.25, 0.3) is 0 Å². The predicted molar refractivity (Wildman–Crippen MR) is 59.8 cm³/mol. The molecular formula is C11H19NO5. The molecule has 0 saturated carbocycles. The molecule has 2 N–H and O–H groups in total.